The van der Waals surface area contributed by atoms with Gasteiger partial charge in [-0.2, -0.15) is 0 Å². The first-order valence-electron chi connectivity index (χ1n) is 10.6. The van der Waals surface area contributed by atoms with Crippen LogP contribution in [0, 0.1) is 5.92 Å². The second-order valence-corrected chi connectivity index (χ2v) is 8.86. The van der Waals surface area contributed by atoms with E-state index in [4.69, 9.17) is 32.9 Å². The molecule has 0 saturated carbocycles. The second-order valence-electron chi connectivity index (χ2n) is 8.05. The lowest BCUT2D eigenvalue weighted by molar-refractivity contribution is 0.0659. The molecule has 1 fully saturated rings. The van der Waals surface area contributed by atoms with Crippen molar-refractivity contribution in [2.45, 2.75) is 38.3 Å². The highest BCUT2D eigenvalue weighted by Gasteiger charge is 2.25. The van der Waals surface area contributed by atoms with Gasteiger partial charge in [0, 0.05) is 32.4 Å². The average Bonchev–Trinajstić information content (AvgIpc) is 2.79. The minimum absolute atomic E-state index is 0.244. The third-order valence-corrected chi connectivity index (χ3v) is 6.66. The largest absolute Gasteiger partial charge is 0.394 e. The molecule has 0 aliphatic carbocycles. The van der Waals surface area contributed by atoms with E-state index in [0.717, 1.165) is 49.6 Å². The SMILES string of the molecule is O=C(N[C@H](CO)c1ccc(Cl)c(Cl)c1)N1CCc2cnc(CC3CCOCC3)nc2C1. The lowest BCUT2D eigenvalue weighted by atomic mass is 9.96. The molecule has 2 aromatic rings. The number of nitrogens with zero attached hydrogens (tertiary/aromatic N) is 3. The number of nitrogens with one attached hydrogen (secondary N) is 1. The molecule has 4 rings (SSSR count). The number of urea groups is 1. The summed E-state index contributed by atoms with van der Waals surface area (Å²) in [6.07, 6.45) is 5.51. The van der Waals surface area contributed by atoms with E-state index in [9.17, 15) is 9.90 Å². The van der Waals surface area contributed by atoms with E-state index in [2.05, 4.69) is 10.3 Å². The number of aromatic nitrogens is 2. The Morgan fingerprint density at radius 2 is 2.10 bits per heavy atom. The molecule has 0 spiro atoms. The summed E-state index contributed by atoms with van der Waals surface area (Å²) in [5.74, 6) is 1.38. The van der Waals surface area contributed by atoms with Gasteiger partial charge in [-0.05, 0) is 48.4 Å². The van der Waals surface area contributed by atoms with Crippen LogP contribution in [0.5, 0.6) is 0 Å². The van der Waals surface area contributed by atoms with Crippen LogP contribution in [0.2, 0.25) is 10.0 Å². The average molecular weight is 465 g/mol. The molecule has 0 bridgehead atoms. The molecule has 0 radical (unpaired) electrons. The van der Waals surface area contributed by atoms with Gasteiger partial charge in [-0.1, -0.05) is 29.3 Å². The fourth-order valence-electron chi connectivity index (χ4n) is 4.03. The zero-order valence-corrected chi connectivity index (χ0v) is 18.7. The summed E-state index contributed by atoms with van der Waals surface area (Å²) < 4.78 is 5.43. The predicted octanol–water partition coefficient (Wildman–Crippen LogP) is 3.55. The molecule has 9 heteroatoms. The van der Waals surface area contributed by atoms with E-state index in [0.29, 0.717) is 41.0 Å². The number of benzene rings is 1. The molecule has 31 heavy (non-hydrogen) atoms. The Morgan fingerprint density at radius 3 is 2.84 bits per heavy atom. The molecule has 2 aliphatic heterocycles. The fraction of sp³-hybridized carbons (Fsp3) is 0.500. The number of fused-ring (bicyclic) bond motifs is 1. The number of hydrogen-bond acceptors (Lipinski definition) is 5. The number of ether oxygens (including phenoxy) is 1. The van der Waals surface area contributed by atoms with Crippen molar-refractivity contribution in [3.05, 3.63) is 57.1 Å². The highest BCUT2D eigenvalue weighted by Crippen LogP contribution is 2.26. The molecule has 1 saturated heterocycles. The molecule has 1 atom stereocenters. The quantitative estimate of drug-likeness (QED) is 0.705. The summed E-state index contributed by atoms with van der Waals surface area (Å²) in [6.45, 7) is 2.35. The minimum atomic E-state index is -0.571. The maximum absolute atomic E-state index is 12.9. The third kappa shape index (κ3) is 5.47. The minimum Gasteiger partial charge on any atom is -0.394 e. The Balaban J connectivity index is 1.41. The molecule has 3 heterocycles. The number of carbonyl (C=O) groups is 1. The summed E-state index contributed by atoms with van der Waals surface area (Å²) in [5.41, 5.74) is 2.68. The van der Waals surface area contributed by atoms with E-state index in [1.165, 1.54) is 0 Å². The van der Waals surface area contributed by atoms with Crippen LogP contribution >= 0.6 is 23.2 Å². The maximum Gasteiger partial charge on any atom is 0.318 e. The second kappa shape index (κ2) is 10.1. The van der Waals surface area contributed by atoms with Gasteiger partial charge in [-0.3, -0.25) is 0 Å². The van der Waals surface area contributed by atoms with Crippen LogP contribution in [0.1, 0.15) is 41.5 Å². The van der Waals surface area contributed by atoms with Crippen LogP contribution in [0.4, 0.5) is 4.79 Å². The van der Waals surface area contributed by atoms with Crippen LogP contribution in [0.25, 0.3) is 0 Å². The summed E-state index contributed by atoms with van der Waals surface area (Å²) >= 11 is 12.1. The Bertz CT molecular complexity index is 937. The molecule has 1 aromatic heterocycles. The van der Waals surface area contributed by atoms with Crippen molar-refractivity contribution in [1.29, 1.82) is 0 Å². The van der Waals surface area contributed by atoms with Gasteiger partial charge < -0.3 is 20.1 Å². The van der Waals surface area contributed by atoms with Crippen LogP contribution in [0.3, 0.4) is 0 Å². The molecule has 2 aliphatic rings. The van der Waals surface area contributed by atoms with Crippen molar-refractivity contribution in [2.24, 2.45) is 5.92 Å². The van der Waals surface area contributed by atoms with Crippen molar-refractivity contribution in [3.8, 4) is 0 Å². The highest BCUT2D eigenvalue weighted by atomic mass is 35.5. The Labute approximate surface area is 191 Å². The van der Waals surface area contributed by atoms with Gasteiger partial charge in [0.1, 0.15) is 5.82 Å². The van der Waals surface area contributed by atoms with Gasteiger partial charge in [0.05, 0.1) is 34.9 Å². The number of rotatable bonds is 5. The van der Waals surface area contributed by atoms with Gasteiger partial charge in [0.2, 0.25) is 0 Å². The lowest BCUT2D eigenvalue weighted by Gasteiger charge is -2.30. The van der Waals surface area contributed by atoms with E-state index in [1.54, 1.807) is 23.1 Å². The topological polar surface area (TPSA) is 87.6 Å². The van der Waals surface area contributed by atoms with Gasteiger partial charge >= 0.3 is 6.03 Å². The molecule has 166 valence electrons. The van der Waals surface area contributed by atoms with E-state index >= 15 is 0 Å². The van der Waals surface area contributed by atoms with E-state index in [-0.39, 0.29) is 12.6 Å². The van der Waals surface area contributed by atoms with Crippen molar-refractivity contribution in [1.82, 2.24) is 20.2 Å². The van der Waals surface area contributed by atoms with E-state index < -0.39 is 6.04 Å². The Hall–Kier alpha value is -1.93. The molecule has 2 amide bonds. The van der Waals surface area contributed by atoms with Gasteiger partial charge in [-0.15, -0.1) is 0 Å². The third-order valence-electron chi connectivity index (χ3n) is 5.92. The van der Waals surface area contributed by atoms with Crippen LogP contribution < -0.4 is 5.32 Å². The summed E-state index contributed by atoms with van der Waals surface area (Å²) in [7, 11) is 0. The predicted molar refractivity (Wildman–Crippen MR) is 118 cm³/mol. The zero-order chi connectivity index (χ0) is 21.8. The number of aliphatic hydroxyl groups is 1. The monoisotopic (exact) mass is 464 g/mol. The van der Waals surface area contributed by atoms with Crippen LogP contribution in [-0.4, -0.2) is 52.4 Å². The Kier molecular flexibility index (Phi) is 7.27. The Morgan fingerprint density at radius 1 is 1.29 bits per heavy atom. The summed E-state index contributed by atoms with van der Waals surface area (Å²) in [6, 6.07) is 4.24. The van der Waals surface area contributed by atoms with Crippen molar-refractivity contribution < 1.29 is 14.6 Å². The highest BCUT2D eigenvalue weighted by molar-refractivity contribution is 6.42. The lowest BCUT2D eigenvalue weighted by Crippen LogP contribution is -2.45. The van der Waals surface area contributed by atoms with Crippen LogP contribution in [0.15, 0.2) is 24.4 Å². The van der Waals surface area contributed by atoms with Gasteiger partial charge in [-0.25, -0.2) is 14.8 Å². The van der Waals surface area contributed by atoms with Crippen molar-refractivity contribution in [3.63, 3.8) is 0 Å². The first-order chi connectivity index (χ1) is 15.0. The number of amides is 2. The molecule has 7 nitrogen and oxygen atoms in total. The zero-order valence-electron chi connectivity index (χ0n) is 17.2. The molecule has 1 aromatic carbocycles. The van der Waals surface area contributed by atoms with Gasteiger partial charge in [0.25, 0.3) is 0 Å². The maximum atomic E-state index is 12.9. The van der Waals surface area contributed by atoms with Crippen molar-refractivity contribution >= 4 is 29.2 Å². The van der Waals surface area contributed by atoms with Crippen molar-refractivity contribution in [2.75, 3.05) is 26.4 Å². The first kappa shape index (κ1) is 22.3. The number of aliphatic hydroxyl groups excluding tert-OH is 1. The van der Waals surface area contributed by atoms with Crippen LogP contribution in [-0.2, 0) is 24.1 Å². The smallest absolute Gasteiger partial charge is 0.318 e. The summed E-state index contributed by atoms with van der Waals surface area (Å²) in [4.78, 5) is 23.9. The molecule has 2 N–H and O–H groups in total. The van der Waals surface area contributed by atoms with Gasteiger partial charge in [0.15, 0.2) is 0 Å². The molecular formula is C22H26Cl2N4O3. The number of carbonyl (C=O) groups excluding carboxylic acids is 1. The fourth-order valence-corrected chi connectivity index (χ4v) is 4.34. The normalized spacial score (nSPS) is 17.8. The number of hydrogen-bond donors (Lipinski definition) is 2. The first-order valence-corrected chi connectivity index (χ1v) is 11.3. The molecule has 0 unspecified atom stereocenters. The summed E-state index contributed by atoms with van der Waals surface area (Å²) in [5, 5.41) is 13.5. The van der Waals surface area contributed by atoms with E-state index in [1.807, 2.05) is 6.20 Å². The molecular weight excluding hydrogens is 439 g/mol. The standard InChI is InChI=1S/C22H26Cl2N4O3/c23-17-2-1-15(10-18(17)24)20(13-29)27-22(30)28-6-3-16-11-25-21(26-19(16)12-28)9-14-4-7-31-8-5-14/h1-2,10-11,14,20,29H,3-9,12-13H2,(H,27,30)/t20-/m1/s1. The number of halogens is 2.